The van der Waals surface area contributed by atoms with Crippen LogP contribution in [0, 0.1) is 11.6 Å². The fourth-order valence-corrected chi connectivity index (χ4v) is 2.37. The number of amides is 1. The van der Waals surface area contributed by atoms with E-state index in [0.717, 1.165) is 17.7 Å². The van der Waals surface area contributed by atoms with E-state index in [2.05, 4.69) is 15.6 Å². The normalized spacial score (nSPS) is 10.4. The Hall–Kier alpha value is -2.99. The fraction of sp³-hybridized carbons (Fsp3) is 0.0526. The lowest BCUT2D eigenvalue weighted by atomic mass is 10.2. The van der Waals surface area contributed by atoms with E-state index in [9.17, 15) is 13.6 Å². The van der Waals surface area contributed by atoms with E-state index in [-0.39, 0.29) is 11.3 Å². The SMILES string of the molecule is O=C(Nc1ccc(F)c(F)c1)c1cncc(NCc2ccc(Cl)cc2)c1. The fourth-order valence-electron chi connectivity index (χ4n) is 2.24. The number of nitrogens with zero attached hydrogens (tertiary/aromatic N) is 1. The second kappa shape index (κ2) is 7.93. The molecule has 3 aromatic rings. The molecule has 0 atom stereocenters. The van der Waals surface area contributed by atoms with Crippen LogP contribution in [0.4, 0.5) is 20.2 Å². The number of carbonyl (C=O) groups excluding carboxylic acids is 1. The van der Waals surface area contributed by atoms with Gasteiger partial charge < -0.3 is 10.6 Å². The summed E-state index contributed by atoms with van der Waals surface area (Å²) in [4.78, 5) is 16.3. The van der Waals surface area contributed by atoms with Gasteiger partial charge in [-0.25, -0.2) is 8.78 Å². The Morgan fingerprint density at radius 3 is 2.46 bits per heavy atom. The Morgan fingerprint density at radius 1 is 0.962 bits per heavy atom. The van der Waals surface area contributed by atoms with Crippen LogP contribution in [-0.2, 0) is 6.54 Å². The van der Waals surface area contributed by atoms with Crippen LogP contribution >= 0.6 is 11.6 Å². The number of halogens is 3. The highest BCUT2D eigenvalue weighted by Gasteiger charge is 2.10. The van der Waals surface area contributed by atoms with Gasteiger partial charge in [0.1, 0.15) is 0 Å². The standard InChI is InChI=1S/C19H14ClF2N3O/c20-14-3-1-12(2-4-14)9-24-16-7-13(10-23-11-16)19(26)25-15-5-6-17(21)18(22)8-15/h1-8,10-11,24H,9H2,(H,25,26). The molecule has 2 aromatic carbocycles. The molecule has 1 aromatic heterocycles. The highest BCUT2D eigenvalue weighted by molar-refractivity contribution is 6.30. The van der Waals surface area contributed by atoms with Crippen LogP contribution in [0.2, 0.25) is 5.02 Å². The summed E-state index contributed by atoms with van der Waals surface area (Å²) in [6.07, 6.45) is 2.98. The van der Waals surface area contributed by atoms with Crippen molar-refractivity contribution in [2.45, 2.75) is 6.54 Å². The molecule has 26 heavy (non-hydrogen) atoms. The molecule has 0 unspecified atom stereocenters. The van der Waals surface area contributed by atoms with Gasteiger partial charge in [0.25, 0.3) is 5.91 Å². The summed E-state index contributed by atoms with van der Waals surface area (Å²) < 4.78 is 26.2. The zero-order valence-electron chi connectivity index (χ0n) is 13.5. The number of benzene rings is 2. The van der Waals surface area contributed by atoms with Crippen molar-refractivity contribution in [3.63, 3.8) is 0 Å². The zero-order valence-corrected chi connectivity index (χ0v) is 14.2. The lowest BCUT2D eigenvalue weighted by molar-refractivity contribution is 0.102. The Labute approximate surface area is 153 Å². The Balaban J connectivity index is 1.66. The van der Waals surface area contributed by atoms with Crippen molar-refractivity contribution in [2.24, 2.45) is 0 Å². The van der Waals surface area contributed by atoms with E-state index in [4.69, 9.17) is 11.6 Å². The van der Waals surface area contributed by atoms with Gasteiger partial charge in [0, 0.05) is 35.7 Å². The molecule has 0 aliphatic rings. The molecular formula is C19H14ClF2N3O. The molecular weight excluding hydrogens is 360 g/mol. The lowest BCUT2D eigenvalue weighted by Crippen LogP contribution is -2.13. The molecule has 1 heterocycles. The minimum Gasteiger partial charge on any atom is -0.380 e. The second-order valence-corrected chi connectivity index (χ2v) is 5.96. The van der Waals surface area contributed by atoms with E-state index in [1.165, 1.54) is 12.3 Å². The van der Waals surface area contributed by atoms with Gasteiger partial charge in [0.05, 0.1) is 11.3 Å². The van der Waals surface area contributed by atoms with E-state index < -0.39 is 17.5 Å². The number of nitrogens with one attached hydrogen (secondary N) is 2. The Bertz CT molecular complexity index is 932. The number of pyridine rings is 1. The molecule has 0 bridgehead atoms. The monoisotopic (exact) mass is 373 g/mol. The average Bonchev–Trinajstić information content (AvgIpc) is 2.64. The summed E-state index contributed by atoms with van der Waals surface area (Å²) >= 11 is 5.85. The van der Waals surface area contributed by atoms with E-state index in [1.807, 2.05) is 12.1 Å². The van der Waals surface area contributed by atoms with Gasteiger partial charge in [-0.1, -0.05) is 23.7 Å². The highest BCUT2D eigenvalue weighted by atomic mass is 35.5. The van der Waals surface area contributed by atoms with Crippen molar-refractivity contribution < 1.29 is 13.6 Å². The molecule has 0 saturated heterocycles. The summed E-state index contributed by atoms with van der Waals surface area (Å²) in [5.74, 6) is -2.48. The first-order valence-electron chi connectivity index (χ1n) is 7.71. The van der Waals surface area contributed by atoms with Gasteiger partial charge in [0.15, 0.2) is 11.6 Å². The smallest absolute Gasteiger partial charge is 0.257 e. The summed E-state index contributed by atoms with van der Waals surface area (Å²) in [5, 5.41) is 6.33. The van der Waals surface area contributed by atoms with Crippen molar-refractivity contribution in [2.75, 3.05) is 10.6 Å². The molecule has 0 aliphatic carbocycles. The first-order chi connectivity index (χ1) is 12.5. The van der Waals surface area contributed by atoms with Crippen LogP contribution in [-0.4, -0.2) is 10.9 Å². The summed E-state index contributed by atoms with van der Waals surface area (Å²) in [7, 11) is 0. The molecule has 7 heteroatoms. The molecule has 0 spiro atoms. The summed E-state index contributed by atoms with van der Waals surface area (Å²) in [6, 6.07) is 12.1. The third-order valence-corrected chi connectivity index (χ3v) is 3.84. The molecule has 2 N–H and O–H groups in total. The van der Waals surface area contributed by atoms with Crippen molar-refractivity contribution >= 4 is 28.9 Å². The van der Waals surface area contributed by atoms with Crippen molar-refractivity contribution in [1.29, 1.82) is 0 Å². The average molecular weight is 374 g/mol. The van der Waals surface area contributed by atoms with E-state index >= 15 is 0 Å². The number of rotatable bonds is 5. The highest BCUT2D eigenvalue weighted by Crippen LogP contribution is 2.16. The Morgan fingerprint density at radius 2 is 1.73 bits per heavy atom. The Kier molecular flexibility index (Phi) is 5.43. The minimum atomic E-state index is -1.03. The maximum absolute atomic E-state index is 13.2. The van der Waals surface area contributed by atoms with Gasteiger partial charge in [0.2, 0.25) is 0 Å². The molecule has 0 saturated carbocycles. The lowest BCUT2D eigenvalue weighted by Gasteiger charge is -2.09. The van der Waals surface area contributed by atoms with Crippen LogP contribution in [0.1, 0.15) is 15.9 Å². The maximum Gasteiger partial charge on any atom is 0.257 e. The zero-order chi connectivity index (χ0) is 18.5. The quantitative estimate of drug-likeness (QED) is 0.670. The van der Waals surface area contributed by atoms with Gasteiger partial charge in [-0.2, -0.15) is 0 Å². The van der Waals surface area contributed by atoms with Crippen LogP contribution in [0.15, 0.2) is 60.9 Å². The molecule has 0 aliphatic heterocycles. The third-order valence-electron chi connectivity index (χ3n) is 3.59. The molecule has 1 amide bonds. The van der Waals surface area contributed by atoms with Crippen LogP contribution in [0.25, 0.3) is 0 Å². The van der Waals surface area contributed by atoms with Crippen molar-refractivity contribution in [3.8, 4) is 0 Å². The second-order valence-electron chi connectivity index (χ2n) is 5.53. The predicted molar refractivity (Wildman–Crippen MR) is 97.3 cm³/mol. The topological polar surface area (TPSA) is 54.0 Å². The maximum atomic E-state index is 13.2. The van der Waals surface area contributed by atoms with Crippen LogP contribution in [0.5, 0.6) is 0 Å². The molecule has 132 valence electrons. The van der Waals surface area contributed by atoms with Crippen molar-refractivity contribution in [3.05, 3.63) is 88.7 Å². The first kappa shape index (κ1) is 17.8. The van der Waals surface area contributed by atoms with Crippen molar-refractivity contribution in [1.82, 2.24) is 4.98 Å². The molecule has 0 fully saturated rings. The number of hydrogen-bond acceptors (Lipinski definition) is 3. The predicted octanol–water partition coefficient (Wildman–Crippen LogP) is 4.88. The van der Waals surface area contributed by atoms with Gasteiger partial charge >= 0.3 is 0 Å². The number of carbonyl (C=O) groups is 1. The van der Waals surface area contributed by atoms with Gasteiger partial charge in [-0.05, 0) is 35.9 Å². The van der Waals surface area contributed by atoms with Crippen LogP contribution in [0.3, 0.4) is 0 Å². The minimum absolute atomic E-state index is 0.161. The van der Waals surface area contributed by atoms with Crippen LogP contribution < -0.4 is 10.6 Å². The van der Waals surface area contributed by atoms with E-state index in [1.54, 1.807) is 24.4 Å². The summed E-state index contributed by atoms with van der Waals surface area (Å²) in [6.45, 7) is 0.535. The number of hydrogen-bond donors (Lipinski definition) is 2. The molecule has 4 nitrogen and oxygen atoms in total. The van der Waals surface area contributed by atoms with Gasteiger partial charge in [-0.15, -0.1) is 0 Å². The van der Waals surface area contributed by atoms with Gasteiger partial charge in [-0.3, -0.25) is 9.78 Å². The summed E-state index contributed by atoms with van der Waals surface area (Å²) in [5.41, 5.74) is 2.12. The largest absolute Gasteiger partial charge is 0.380 e. The molecule has 0 radical (unpaired) electrons. The first-order valence-corrected chi connectivity index (χ1v) is 8.09. The third kappa shape index (κ3) is 4.55. The number of aromatic nitrogens is 1. The van der Waals surface area contributed by atoms with E-state index in [0.29, 0.717) is 17.3 Å². The molecule has 3 rings (SSSR count). The number of anilines is 2.